The Hall–Kier alpha value is -1.03. The highest BCUT2D eigenvalue weighted by Gasteiger charge is 2.09. The van der Waals surface area contributed by atoms with Gasteiger partial charge in [-0.25, -0.2) is 14.4 Å². The standard InChI is InChI=1S/C12H12BrFN2/c1-3-4-10-15-11-7(2)9(14)6-5-8(11)12(13)16-10/h5-6H,3-4H2,1-2H3. The topological polar surface area (TPSA) is 25.8 Å². The van der Waals surface area contributed by atoms with Crippen LogP contribution < -0.4 is 0 Å². The molecule has 0 unspecified atom stereocenters. The Morgan fingerprint density at radius 2 is 2.06 bits per heavy atom. The molecule has 84 valence electrons. The van der Waals surface area contributed by atoms with E-state index in [9.17, 15) is 4.39 Å². The van der Waals surface area contributed by atoms with Gasteiger partial charge in [0.1, 0.15) is 16.2 Å². The maximum atomic E-state index is 13.4. The van der Waals surface area contributed by atoms with Crippen LogP contribution in [-0.4, -0.2) is 9.97 Å². The predicted molar refractivity (Wildman–Crippen MR) is 65.9 cm³/mol. The highest BCUT2D eigenvalue weighted by Crippen LogP contribution is 2.25. The van der Waals surface area contributed by atoms with Crippen LogP contribution in [0.2, 0.25) is 0 Å². The fourth-order valence-corrected chi connectivity index (χ4v) is 2.17. The summed E-state index contributed by atoms with van der Waals surface area (Å²) in [7, 11) is 0. The lowest BCUT2D eigenvalue weighted by Crippen LogP contribution is -1.98. The van der Waals surface area contributed by atoms with Crippen LogP contribution >= 0.6 is 15.9 Å². The van der Waals surface area contributed by atoms with Gasteiger partial charge in [0, 0.05) is 17.4 Å². The van der Waals surface area contributed by atoms with Crippen molar-refractivity contribution in [2.75, 3.05) is 0 Å². The molecule has 0 saturated carbocycles. The first-order chi connectivity index (χ1) is 7.63. The molecular weight excluding hydrogens is 271 g/mol. The van der Waals surface area contributed by atoms with Gasteiger partial charge in [-0.2, -0.15) is 0 Å². The van der Waals surface area contributed by atoms with E-state index in [2.05, 4.69) is 32.8 Å². The third kappa shape index (κ3) is 1.94. The number of aryl methyl sites for hydroxylation is 2. The summed E-state index contributed by atoms with van der Waals surface area (Å²) in [6.07, 6.45) is 1.79. The van der Waals surface area contributed by atoms with E-state index in [1.807, 2.05) is 0 Å². The van der Waals surface area contributed by atoms with Crippen molar-refractivity contribution >= 4 is 26.8 Å². The first kappa shape index (κ1) is 11.5. The zero-order valence-electron chi connectivity index (χ0n) is 9.22. The molecule has 0 spiro atoms. The highest BCUT2D eigenvalue weighted by molar-refractivity contribution is 9.10. The molecule has 2 rings (SSSR count). The Labute approximate surface area is 102 Å². The number of rotatable bonds is 2. The largest absolute Gasteiger partial charge is 0.232 e. The quantitative estimate of drug-likeness (QED) is 0.783. The van der Waals surface area contributed by atoms with E-state index >= 15 is 0 Å². The SMILES string of the molecule is CCCc1nc(Br)c2ccc(F)c(C)c2n1. The summed E-state index contributed by atoms with van der Waals surface area (Å²) in [5.74, 6) is 0.538. The minimum Gasteiger partial charge on any atom is -0.232 e. The van der Waals surface area contributed by atoms with E-state index in [0.29, 0.717) is 11.1 Å². The molecule has 1 aromatic carbocycles. The molecule has 4 heteroatoms. The molecule has 0 aliphatic rings. The summed E-state index contributed by atoms with van der Waals surface area (Å²) in [5, 5.41) is 0.860. The summed E-state index contributed by atoms with van der Waals surface area (Å²) in [4.78, 5) is 8.75. The summed E-state index contributed by atoms with van der Waals surface area (Å²) >= 11 is 3.40. The molecule has 0 aliphatic heterocycles. The summed E-state index contributed by atoms with van der Waals surface area (Å²) in [6.45, 7) is 3.81. The molecular formula is C12H12BrFN2. The van der Waals surface area contributed by atoms with Crippen LogP contribution in [-0.2, 0) is 6.42 Å². The Morgan fingerprint density at radius 1 is 1.31 bits per heavy atom. The lowest BCUT2D eigenvalue weighted by Gasteiger charge is -2.06. The van der Waals surface area contributed by atoms with Crippen LogP contribution in [0.15, 0.2) is 16.7 Å². The van der Waals surface area contributed by atoms with Crippen molar-refractivity contribution in [1.82, 2.24) is 9.97 Å². The Bertz CT molecular complexity index is 540. The van der Waals surface area contributed by atoms with Crippen molar-refractivity contribution in [2.24, 2.45) is 0 Å². The number of fused-ring (bicyclic) bond motifs is 1. The molecule has 1 heterocycles. The van der Waals surface area contributed by atoms with Gasteiger partial charge >= 0.3 is 0 Å². The van der Waals surface area contributed by atoms with Crippen LogP contribution in [0.1, 0.15) is 24.7 Å². The number of halogens is 2. The number of hydrogen-bond donors (Lipinski definition) is 0. The van der Waals surface area contributed by atoms with Gasteiger partial charge < -0.3 is 0 Å². The summed E-state index contributed by atoms with van der Waals surface area (Å²) in [6, 6.07) is 3.16. The van der Waals surface area contributed by atoms with E-state index in [4.69, 9.17) is 0 Å². The second kappa shape index (κ2) is 4.45. The molecule has 0 saturated heterocycles. The van der Waals surface area contributed by atoms with Gasteiger partial charge in [0.05, 0.1) is 5.52 Å². The van der Waals surface area contributed by atoms with Crippen molar-refractivity contribution in [1.29, 1.82) is 0 Å². The zero-order valence-corrected chi connectivity index (χ0v) is 10.8. The van der Waals surface area contributed by atoms with Crippen LogP contribution in [0.5, 0.6) is 0 Å². The zero-order chi connectivity index (χ0) is 11.7. The number of aromatic nitrogens is 2. The average Bonchev–Trinajstić information content (AvgIpc) is 2.25. The van der Waals surface area contributed by atoms with E-state index in [1.54, 1.807) is 13.0 Å². The first-order valence-electron chi connectivity index (χ1n) is 5.24. The van der Waals surface area contributed by atoms with Gasteiger partial charge in [-0.1, -0.05) is 6.92 Å². The third-order valence-electron chi connectivity index (χ3n) is 2.53. The molecule has 0 radical (unpaired) electrons. The number of benzene rings is 1. The van der Waals surface area contributed by atoms with Gasteiger partial charge in [-0.15, -0.1) is 0 Å². The minimum absolute atomic E-state index is 0.222. The average molecular weight is 283 g/mol. The summed E-state index contributed by atoms with van der Waals surface area (Å²) < 4.78 is 14.2. The van der Waals surface area contributed by atoms with Crippen LogP contribution in [0.3, 0.4) is 0 Å². The van der Waals surface area contributed by atoms with Gasteiger partial charge in [0.2, 0.25) is 0 Å². The molecule has 1 aromatic heterocycles. The molecule has 16 heavy (non-hydrogen) atoms. The number of hydrogen-bond acceptors (Lipinski definition) is 2. The smallest absolute Gasteiger partial charge is 0.130 e. The van der Waals surface area contributed by atoms with Crippen molar-refractivity contribution in [3.05, 3.63) is 33.9 Å². The van der Waals surface area contributed by atoms with Crippen LogP contribution in [0, 0.1) is 12.7 Å². The second-order valence-electron chi connectivity index (χ2n) is 3.75. The molecule has 0 fully saturated rings. The lowest BCUT2D eigenvalue weighted by atomic mass is 10.1. The number of nitrogens with zero attached hydrogens (tertiary/aromatic N) is 2. The third-order valence-corrected chi connectivity index (χ3v) is 3.13. The molecule has 0 amide bonds. The maximum Gasteiger partial charge on any atom is 0.130 e. The molecule has 0 N–H and O–H groups in total. The fraction of sp³-hybridized carbons (Fsp3) is 0.333. The van der Waals surface area contributed by atoms with Gasteiger partial charge in [0.15, 0.2) is 0 Å². The van der Waals surface area contributed by atoms with Gasteiger partial charge in [-0.05, 0) is 41.4 Å². The van der Waals surface area contributed by atoms with Crippen LogP contribution in [0.4, 0.5) is 4.39 Å². The molecule has 2 nitrogen and oxygen atoms in total. The van der Waals surface area contributed by atoms with E-state index in [-0.39, 0.29) is 5.82 Å². The van der Waals surface area contributed by atoms with Crippen molar-refractivity contribution < 1.29 is 4.39 Å². The van der Waals surface area contributed by atoms with Gasteiger partial charge in [0.25, 0.3) is 0 Å². The molecule has 0 aliphatic carbocycles. The molecule has 0 bridgehead atoms. The Kier molecular flexibility index (Phi) is 3.19. The van der Waals surface area contributed by atoms with Crippen molar-refractivity contribution in [3.8, 4) is 0 Å². The fourth-order valence-electron chi connectivity index (χ4n) is 1.65. The molecule has 2 aromatic rings. The monoisotopic (exact) mass is 282 g/mol. The van der Waals surface area contributed by atoms with Crippen molar-refractivity contribution in [3.63, 3.8) is 0 Å². The van der Waals surface area contributed by atoms with E-state index in [0.717, 1.165) is 28.7 Å². The Balaban J connectivity index is 2.73. The maximum absolute atomic E-state index is 13.4. The Morgan fingerprint density at radius 3 is 2.75 bits per heavy atom. The second-order valence-corrected chi connectivity index (χ2v) is 4.50. The van der Waals surface area contributed by atoms with Gasteiger partial charge in [-0.3, -0.25) is 0 Å². The predicted octanol–water partition coefficient (Wildman–Crippen LogP) is 3.79. The minimum atomic E-state index is -0.222. The normalized spacial score (nSPS) is 11.0. The van der Waals surface area contributed by atoms with E-state index < -0.39 is 0 Å². The van der Waals surface area contributed by atoms with E-state index in [1.165, 1.54) is 6.07 Å². The highest BCUT2D eigenvalue weighted by atomic mass is 79.9. The lowest BCUT2D eigenvalue weighted by molar-refractivity contribution is 0.620. The van der Waals surface area contributed by atoms with Crippen LogP contribution in [0.25, 0.3) is 10.9 Å². The molecule has 0 atom stereocenters. The van der Waals surface area contributed by atoms with Crippen molar-refractivity contribution in [2.45, 2.75) is 26.7 Å². The summed E-state index contributed by atoms with van der Waals surface area (Å²) in [5.41, 5.74) is 1.28. The first-order valence-corrected chi connectivity index (χ1v) is 6.04.